The van der Waals surface area contributed by atoms with Crippen LogP contribution in [0, 0.1) is 6.92 Å². The molecule has 1 amide bonds. The zero-order chi connectivity index (χ0) is 17.1. The van der Waals surface area contributed by atoms with Gasteiger partial charge in [0.25, 0.3) is 0 Å². The van der Waals surface area contributed by atoms with Gasteiger partial charge >= 0.3 is 0 Å². The number of hydrogen-bond donors (Lipinski definition) is 3. The Kier molecular flexibility index (Phi) is 4.73. The molecule has 124 valence electrons. The van der Waals surface area contributed by atoms with Crippen molar-refractivity contribution in [2.24, 2.45) is 5.73 Å². The average Bonchev–Trinajstić information content (AvgIpc) is 2.94. The van der Waals surface area contributed by atoms with Crippen molar-refractivity contribution in [3.8, 4) is 0 Å². The quantitative estimate of drug-likeness (QED) is 0.654. The molecule has 0 aliphatic rings. The molecule has 0 bridgehead atoms. The summed E-state index contributed by atoms with van der Waals surface area (Å²) in [5.74, 6) is -0.259. The van der Waals surface area contributed by atoms with Gasteiger partial charge in [0.2, 0.25) is 11.5 Å². The van der Waals surface area contributed by atoms with Crippen LogP contribution < -0.4 is 16.6 Å². The number of pyridine rings is 1. The second-order valence-electron chi connectivity index (χ2n) is 5.67. The summed E-state index contributed by atoms with van der Waals surface area (Å²) in [5.41, 5.74) is 8.54. The average molecular weight is 342 g/mol. The van der Waals surface area contributed by atoms with Crippen molar-refractivity contribution in [2.75, 3.05) is 0 Å². The summed E-state index contributed by atoms with van der Waals surface area (Å²) in [4.78, 5) is 30.4. The molecule has 2 aromatic heterocycles. The third kappa shape index (κ3) is 3.87. The minimum atomic E-state index is -0.705. The van der Waals surface area contributed by atoms with Crippen LogP contribution in [-0.2, 0) is 17.8 Å². The van der Waals surface area contributed by atoms with Crippen molar-refractivity contribution in [2.45, 2.75) is 25.9 Å². The van der Waals surface area contributed by atoms with Crippen molar-refractivity contribution in [3.05, 3.63) is 63.0 Å². The third-order valence-electron chi connectivity index (χ3n) is 3.63. The summed E-state index contributed by atoms with van der Waals surface area (Å²) in [6, 6.07) is 8.58. The Labute approximate surface area is 142 Å². The fourth-order valence-electron chi connectivity index (χ4n) is 2.42. The number of benzene rings is 1. The molecule has 0 radical (unpaired) electrons. The smallest absolute Gasteiger partial charge is 0.248 e. The number of nitrogens with zero attached hydrogens (tertiary/aromatic N) is 1. The van der Waals surface area contributed by atoms with E-state index in [4.69, 9.17) is 5.73 Å². The number of rotatable bonds is 5. The maximum Gasteiger partial charge on any atom is 0.248 e. The second kappa shape index (κ2) is 6.94. The number of nitrogens with one attached hydrogen (secondary N) is 2. The first kappa shape index (κ1) is 16.4. The number of fused-ring (bicyclic) bond motifs is 1. The highest BCUT2D eigenvalue weighted by atomic mass is 32.1. The topological polar surface area (TPSA) is 101 Å². The molecule has 6 nitrogen and oxygen atoms in total. The number of thiazole rings is 1. The van der Waals surface area contributed by atoms with E-state index < -0.39 is 6.04 Å². The number of aryl methyl sites for hydroxylation is 1. The zero-order valence-electron chi connectivity index (χ0n) is 13.2. The predicted octanol–water partition coefficient (Wildman–Crippen LogP) is 1.48. The van der Waals surface area contributed by atoms with E-state index >= 15 is 0 Å². The Hall–Kier alpha value is -2.51. The van der Waals surface area contributed by atoms with Crippen LogP contribution in [0.5, 0.6) is 0 Å². The number of hydrogen-bond acceptors (Lipinski definition) is 5. The Morgan fingerprint density at radius 2 is 2.21 bits per heavy atom. The SMILES string of the molecule is Cc1ccc2sc(CNC(=O)C(N)Cc3cc[nH]c(=O)c3)nc2c1. The van der Waals surface area contributed by atoms with Crippen LogP contribution in [0.15, 0.2) is 41.3 Å². The van der Waals surface area contributed by atoms with Crippen molar-refractivity contribution in [1.82, 2.24) is 15.3 Å². The van der Waals surface area contributed by atoms with Gasteiger partial charge in [0, 0.05) is 12.3 Å². The van der Waals surface area contributed by atoms with Gasteiger partial charge in [-0.3, -0.25) is 9.59 Å². The van der Waals surface area contributed by atoms with Crippen LogP contribution in [0.3, 0.4) is 0 Å². The number of carbonyl (C=O) groups is 1. The van der Waals surface area contributed by atoms with Gasteiger partial charge in [-0.1, -0.05) is 6.07 Å². The van der Waals surface area contributed by atoms with Gasteiger partial charge in [0.1, 0.15) is 5.01 Å². The van der Waals surface area contributed by atoms with E-state index in [2.05, 4.69) is 15.3 Å². The highest BCUT2D eigenvalue weighted by Gasteiger charge is 2.15. The van der Waals surface area contributed by atoms with Gasteiger partial charge in [-0.2, -0.15) is 0 Å². The van der Waals surface area contributed by atoms with Crippen LogP contribution in [0.4, 0.5) is 0 Å². The van der Waals surface area contributed by atoms with E-state index in [1.165, 1.54) is 6.07 Å². The van der Waals surface area contributed by atoms with Gasteiger partial charge in [0.15, 0.2) is 0 Å². The highest BCUT2D eigenvalue weighted by Crippen LogP contribution is 2.22. The van der Waals surface area contributed by atoms with Gasteiger partial charge in [0.05, 0.1) is 22.8 Å². The number of aromatic amines is 1. The largest absolute Gasteiger partial charge is 0.348 e. The molecule has 0 saturated heterocycles. The lowest BCUT2D eigenvalue weighted by atomic mass is 10.1. The van der Waals surface area contributed by atoms with Crippen molar-refractivity contribution >= 4 is 27.5 Å². The minimum Gasteiger partial charge on any atom is -0.348 e. The number of amides is 1. The summed E-state index contributed by atoms with van der Waals surface area (Å²) < 4.78 is 1.10. The third-order valence-corrected chi connectivity index (χ3v) is 4.67. The van der Waals surface area contributed by atoms with E-state index in [0.29, 0.717) is 13.0 Å². The van der Waals surface area contributed by atoms with Gasteiger partial charge in [-0.05, 0) is 42.7 Å². The first-order chi connectivity index (χ1) is 11.5. The number of nitrogens with two attached hydrogens (primary N) is 1. The van der Waals surface area contributed by atoms with Crippen LogP contribution in [0.25, 0.3) is 10.2 Å². The molecule has 1 atom stereocenters. The molecule has 0 aliphatic heterocycles. The lowest BCUT2D eigenvalue weighted by Crippen LogP contribution is -2.41. The van der Waals surface area contributed by atoms with Crippen molar-refractivity contribution in [1.29, 1.82) is 0 Å². The lowest BCUT2D eigenvalue weighted by molar-refractivity contribution is -0.122. The maximum absolute atomic E-state index is 12.1. The Morgan fingerprint density at radius 1 is 1.38 bits per heavy atom. The first-order valence-electron chi connectivity index (χ1n) is 7.58. The van der Waals surface area contributed by atoms with Gasteiger partial charge in [-0.15, -0.1) is 11.3 Å². The van der Waals surface area contributed by atoms with Crippen molar-refractivity contribution in [3.63, 3.8) is 0 Å². The van der Waals surface area contributed by atoms with E-state index in [-0.39, 0.29) is 11.5 Å². The highest BCUT2D eigenvalue weighted by molar-refractivity contribution is 7.18. The number of H-pyrrole nitrogens is 1. The first-order valence-corrected chi connectivity index (χ1v) is 8.40. The Bertz CT molecular complexity index is 931. The van der Waals surface area contributed by atoms with E-state index in [9.17, 15) is 9.59 Å². The lowest BCUT2D eigenvalue weighted by Gasteiger charge is -2.11. The second-order valence-corrected chi connectivity index (χ2v) is 6.78. The monoisotopic (exact) mass is 342 g/mol. The van der Waals surface area contributed by atoms with Crippen molar-refractivity contribution < 1.29 is 4.79 Å². The molecular weight excluding hydrogens is 324 g/mol. The van der Waals surface area contributed by atoms with Gasteiger partial charge in [-0.25, -0.2) is 4.98 Å². The normalized spacial score (nSPS) is 12.2. The fourth-order valence-corrected chi connectivity index (χ4v) is 3.30. The summed E-state index contributed by atoms with van der Waals surface area (Å²) in [7, 11) is 0. The molecule has 3 rings (SSSR count). The maximum atomic E-state index is 12.1. The molecule has 3 aromatic rings. The molecule has 4 N–H and O–H groups in total. The summed E-state index contributed by atoms with van der Waals surface area (Å²) in [5, 5.41) is 3.65. The summed E-state index contributed by atoms with van der Waals surface area (Å²) >= 11 is 1.55. The molecule has 2 heterocycles. The zero-order valence-corrected chi connectivity index (χ0v) is 14.0. The predicted molar refractivity (Wildman–Crippen MR) is 94.9 cm³/mol. The van der Waals surface area contributed by atoms with E-state index in [1.54, 1.807) is 23.6 Å². The van der Waals surface area contributed by atoms with Crippen LogP contribution >= 0.6 is 11.3 Å². The fraction of sp³-hybridized carbons (Fsp3) is 0.235. The molecule has 24 heavy (non-hydrogen) atoms. The Morgan fingerprint density at radius 3 is 3.00 bits per heavy atom. The molecule has 1 unspecified atom stereocenters. The van der Waals surface area contributed by atoms with Crippen LogP contribution in [0.2, 0.25) is 0 Å². The number of carbonyl (C=O) groups excluding carboxylic acids is 1. The molecular formula is C17H18N4O2S. The van der Waals surface area contributed by atoms with E-state index in [1.807, 2.05) is 25.1 Å². The van der Waals surface area contributed by atoms with Crippen LogP contribution in [-0.4, -0.2) is 21.9 Å². The minimum absolute atomic E-state index is 0.204. The molecule has 0 saturated carbocycles. The Balaban J connectivity index is 1.60. The molecule has 0 aliphatic carbocycles. The molecule has 1 aromatic carbocycles. The van der Waals surface area contributed by atoms with Crippen LogP contribution in [0.1, 0.15) is 16.1 Å². The van der Waals surface area contributed by atoms with E-state index in [0.717, 1.165) is 26.4 Å². The molecule has 0 spiro atoms. The standard InChI is InChI=1S/C17H18N4O2S/c1-10-2-3-14-13(6-10)21-16(24-14)9-20-17(23)12(18)7-11-4-5-19-15(22)8-11/h2-6,8,12H,7,9,18H2,1H3,(H,19,22)(H,20,23). The molecule has 7 heteroatoms. The number of aromatic nitrogens is 2. The summed E-state index contributed by atoms with van der Waals surface area (Å²) in [6.45, 7) is 2.37. The summed E-state index contributed by atoms with van der Waals surface area (Å²) in [6.07, 6.45) is 1.86. The van der Waals surface area contributed by atoms with Gasteiger partial charge < -0.3 is 16.0 Å². The molecule has 0 fully saturated rings.